The Balaban J connectivity index is 0.000000467. The van der Waals surface area contributed by atoms with Crippen molar-refractivity contribution in [2.75, 3.05) is 12.4 Å². The summed E-state index contributed by atoms with van der Waals surface area (Å²) in [7, 11) is 1.92. The fourth-order valence-corrected chi connectivity index (χ4v) is 1.79. The molecule has 2 aromatic rings. The van der Waals surface area contributed by atoms with E-state index in [1.165, 1.54) is 19.4 Å². The maximum atomic E-state index is 9.44. The van der Waals surface area contributed by atoms with Crippen molar-refractivity contribution in [3.05, 3.63) is 35.8 Å². The maximum absolute atomic E-state index is 9.44. The van der Waals surface area contributed by atoms with Gasteiger partial charge in [-0.1, -0.05) is 13.8 Å². The lowest BCUT2D eigenvalue weighted by molar-refractivity contribution is -0.114. The third-order valence-electron chi connectivity index (χ3n) is 1.85. The van der Waals surface area contributed by atoms with Crippen molar-refractivity contribution >= 4 is 22.8 Å². The van der Waals surface area contributed by atoms with Gasteiger partial charge in [0.05, 0.1) is 0 Å². The van der Waals surface area contributed by atoms with Crippen molar-refractivity contribution < 1.29 is 4.79 Å². The lowest BCUT2D eigenvalue weighted by Crippen LogP contribution is -1.86. The minimum atomic E-state index is 0.167. The molecule has 0 radical (unpaired) electrons. The number of nitrogens with zero attached hydrogens (tertiary/aromatic N) is 1. The second-order valence-electron chi connectivity index (χ2n) is 3.57. The van der Waals surface area contributed by atoms with Crippen LogP contribution in [0.5, 0.6) is 0 Å². The van der Waals surface area contributed by atoms with Crippen molar-refractivity contribution in [2.45, 2.75) is 27.7 Å². The van der Waals surface area contributed by atoms with Gasteiger partial charge >= 0.3 is 0 Å². The predicted molar refractivity (Wildman–Crippen MR) is 84.8 cm³/mol. The molecule has 19 heavy (non-hydrogen) atoms. The largest absolute Gasteiger partial charge is 0.388 e. The van der Waals surface area contributed by atoms with E-state index in [-0.39, 0.29) is 5.78 Å². The molecule has 1 N–H and O–H groups in total. The van der Waals surface area contributed by atoms with Gasteiger partial charge in [0, 0.05) is 29.9 Å². The van der Waals surface area contributed by atoms with Gasteiger partial charge in [-0.05, 0) is 38.1 Å². The lowest BCUT2D eigenvalue weighted by atomic mass is 10.2. The SMILES string of the molecule is CC.CC(C)=O.CNc1ccc(-c2nccs2)cc1. The number of anilines is 1. The molecular formula is C15H22N2OS. The Morgan fingerprint density at radius 2 is 1.68 bits per heavy atom. The second kappa shape index (κ2) is 10.3. The van der Waals surface area contributed by atoms with Crippen molar-refractivity contribution in [3.8, 4) is 10.6 Å². The Morgan fingerprint density at radius 1 is 1.16 bits per heavy atom. The van der Waals surface area contributed by atoms with Crippen LogP contribution < -0.4 is 5.32 Å². The number of hydrogen-bond acceptors (Lipinski definition) is 4. The number of carbonyl (C=O) groups excluding carboxylic acids is 1. The average molecular weight is 278 g/mol. The van der Waals surface area contributed by atoms with Gasteiger partial charge < -0.3 is 10.1 Å². The molecule has 0 saturated carbocycles. The smallest absolute Gasteiger partial charge is 0.126 e. The van der Waals surface area contributed by atoms with Crippen LogP contribution >= 0.6 is 11.3 Å². The van der Waals surface area contributed by atoms with Crippen LogP contribution in [0.1, 0.15) is 27.7 Å². The van der Waals surface area contributed by atoms with E-state index in [1.54, 1.807) is 11.3 Å². The average Bonchev–Trinajstić information content (AvgIpc) is 2.94. The van der Waals surface area contributed by atoms with E-state index in [4.69, 9.17) is 0 Å². The van der Waals surface area contributed by atoms with Gasteiger partial charge in [-0.2, -0.15) is 0 Å². The number of carbonyl (C=O) groups is 1. The number of Topliss-reactive ketones (excluding diaryl/α,β-unsaturated/α-hetero) is 1. The molecule has 1 aromatic carbocycles. The van der Waals surface area contributed by atoms with E-state index in [0.717, 1.165) is 10.7 Å². The Morgan fingerprint density at radius 3 is 2.05 bits per heavy atom. The van der Waals surface area contributed by atoms with Crippen molar-refractivity contribution in [2.24, 2.45) is 0 Å². The zero-order chi connectivity index (χ0) is 14.7. The topological polar surface area (TPSA) is 42.0 Å². The third kappa shape index (κ3) is 7.36. The zero-order valence-electron chi connectivity index (χ0n) is 12.2. The Kier molecular flexibility index (Phi) is 9.35. The van der Waals surface area contributed by atoms with Gasteiger partial charge in [0.2, 0.25) is 0 Å². The summed E-state index contributed by atoms with van der Waals surface area (Å²) in [5, 5.41) is 6.14. The molecule has 1 heterocycles. The molecule has 2 rings (SSSR count). The number of rotatable bonds is 2. The molecule has 0 aliphatic carbocycles. The molecule has 0 spiro atoms. The van der Waals surface area contributed by atoms with Crippen LogP contribution in [0.4, 0.5) is 5.69 Å². The van der Waals surface area contributed by atoms with Gasteiger partial charge in [0.15, 0.2) is 0 Å². The highest BCUT2D eigenvalue weighted by molar-refractivity contribution is 7.13. The summed E-state index contributed by atoms with van der Waals surface area (Å²) in [4.78, 5) is 13.7. The minimum Gasteiger partial charge on any atom is -0.388 e. The molecule has 0 aliphatic heterocycles. The Labute approximate surface area is 119 Å². The maximum Gasteiger partial charge on any atom is 0.126 e. The minimum absolute atomic E-state index is 0.167. The first-order valence-corrected chi connectivity index (χ1v) is 7.16. The number of hydrogen-bond donors (Lipinski definition) is 1. The monoisotopic (exact) mass is 278 g/mol. The highest BCUT2D eigenvalue weighted by atomic mass is 32.1. The van der Waals surface area contributed by atoms with Crippen LogP contribution in [0, 0.1) is 0 Å². The van der Waals surface area contributed by atoms with Gasteiger partial charge in [-0.25, -0.2) is 4.98 Å². The fraction of sp³-hybridized carbons (Fsp3) is 0.333. The van der Waals surface area contributed by atoms with E-state index in [9.17, 15) is 4.79 Å². The summed E-state index contributed by atoms with van der Waals surface area (Å²) in [5.41, 5.74) is 2.30. The Hall–Kier alpha value is -1.68. The number of benzene rings is 1. The van der Waals surface area contributed by atoms with Crippen LogP contribution in [-0.4, -0.2) is 17.8 Å². The summed E-state index contributed by atoms with van der Waals surface area (Å²) in [5.74, 6) is 0.167. The van der Waals surface area contributed by atoms with Crippen LogP contribution in [0.3, 0.4) is 0 Å². The van der Waals surface area contributed by atoms with E-state index in [0.29, 0.717) is 0 Å². The number of aromatic nitrogens is 1. The first-order valence-electron chi connectivity index (χ1n) is 6.28. The zero-order valence-corrected chi connectivity index (χ0v) is 13.0. The number of ketones is 1. The van der Waals surface area contributed by atoms with E-state index in [1.807, 2.05) is 32.5 Å². The Bertz CT molecular complexity index is 446. The fourth-order valence-electron chi connectivity index (χ4n) is 1.15. The van der Waals surface area contributed by atoms with Gasteiger partial charge in [0.25, 0.3) is 0 Å². The van der Waals surface area contributed by atoms with E-state index < -0.39 is 0 Å². The first-order chi connectivity index (χ1) is 9.13. The highest BCUT2D eigenvalue weighted by Gasteiger charge is 1.98. The van der Waals surface area contributed by atoms with E-state index >= 15 is 0 Å². The van der Waals surface area contributed by atoms with Gasteiger partial charge in [-0.3, -0.25) is 0 Å². The molecule has 4 heteroatoms. The van der Waals surface area contributed by atoms with Crippen molar-refractivity contribution in [1.29, 1.82) is 0 Å². The molecule has 0 atom stereocenters. The van der Waals surface area contributed by atoms with Crippen molar-refractivity contribution in [1.82, 2.24) is 4.98 Å². The standard InChI is InChI=1S/C10H10N2S.C3H6O.C2H6/c1-11-9-4-2-8(3-5-9)10-12-6-7-13-10;1-3(2)4;1-2/h2-7,11H,1H3;1-2H3;1-2H3. The molecule has 1 aromatic heterocycles. The van der Waals surface area contributed by atoms with Crippen LogP contribution in [0.25, 0.3) is 10.6 Å². The number of thiazole rings is 1. The molecule has 0 fully saturated rings. The number of nitrogens with one attached hydrogen (secondary N) is 1. The molecule has 0 amide bonds. The predicted octanol–water partition coefficient (Wildman–Crippen LogP) is 4.47. The first kappa shape index (κ1) is 17.3. The summed E-state index contributed by atoms with van der Waals surface area (Å²) in [6, 6.07) is 8.25. The molecular weight excluding hydrogens is 256 g/mol. The molecule has 3 nitrogen and oxygen atoms in total. The lowest BCUT2D eigenvalue weighted by Gasteiger charge is -2.00. The summed E-state index contributed by atoms with van der Waals surface area (Å²) in [6.45, 7) is 7.06. The molecule has 104 valence electrons. The summed E-state index contributed by atoms with van der Waals surface area (Å²) < 4.78 is 0. The van der Waals surface area contributed by atoms with Crippen LogP contribution in [-0.2, 0) is 4.79 Å². The van der Waals surface area contributed by atoms with Gasteiger partial charge in [0.1, 0.15) is 10.8 Å². The summed E-state index contributed by atoms with van der Waals surface area (Å²) >= 11 is 1.66. The second-order valence-corrected chi connectivity index (χ2v) is 4.47. The molecule has 0 aliphatic rings. The van der Waals surface area contributed by atoms with Crippen LogP contribution in [0.2, 0.25) is 0 Å². The molecule has 0 saturated heterocycles. The molecule has 0 unspecified atom stereocenters. The quantitative estimate of drug-likeness (QED) is 0.881. The van der Waals surface area contributed by atoms with Crippen molar-refractivity contribution in [3.63, 3.8) is 0 Å². The third-order valence-corrected chi connectivity index (χ3v) is 2.68. The van der Waals surface area contributed by atoms with Crippen LogP contribution in [0.15, 0.2) is 35.8 Å². The highest BCUT2D eigenvalue weighted by Crippen LogP contribution is 2.22. The molecule has 0 bridgehead atoms. The summed E-state index contributed by atoms with van der Waals surface area (Å²) in [6.07, 6.45) is 1.83. The van der Waals surface area contributed by atoms with Gasteiger partial charge in [-0.15, -0.1) is 11.3 Å². The van der Waals surface area contributed by atoms with E-state index in [2.05, 4.69) is 34.6 Å². The normalized spacial score (nSPS) is 8.47.